The molecule has 3 rings (SSSR count). The van der Waals surface area contributed by atoms with Crippen molar-refractivity contribution >= 4 is 5.70 Å². The molecule has 0 atom stereocenters. The van der Waals surface area contributed by atoms with Gasteiger partial charge < -0.3 is 5.32 Å². The van der Waals surface area contributed by atoms with E-state index in [0.717, 1.165) is 49.8 Å². The van der Waals surface area contributed by atoms with E-state index >= 15 is 0 Å². The van der Waals surface area contributed by atoms with Crippen LogP contribution in [0.25, 0.3) is 5.70 Å². The summed E-state index contributed by atoms with van der Waals surface area (Å²) in [5.41, 5.74) is -1.15. The molecule has 1 nitrogen and oxygen atoms in total. The summed E-state index contributed by atoms with van der Waals surface area (Å²) < 4.78 is 79.0. The highest BCUT2D eigenvalue weighted by atomic mass is 19.4. The van der Waals surface area contributed by atoms with Gasteiger partial charge in [0.2, 0.25) is 0 Å². The van der Waals surface area contributed by atoms with Gasteiger partial charge in [-0.3, -0.25) is 0 Å². The van der Waals surface area contributed by atoms with Crippen LogP contribution in [0.3, 0.4) is 0 Å². The van der Waals surface area contributed by atoms with E-state index in [0.29, 0.717) is 31.0 Å². The molecule has 27 heavy (non-hydrogen) atoms. The van der Waals surface area contributed by atoms with Crippen molar-refractivity contribution in [1.82, 2.24) is 5.32 Å². The normalized spacial score (nSPS) is 19.0. The maximum Gasteiger partial charge on any atom is 0.416 e. The third kappa shape index (κ3) is 4.99. The van der Waals surface area contributed by atoms with E-state index < -0.39 is 23.5 Å². The molecular formula is C20H23F6N. The predicted molar refractivity (Wildman–Crippen MR) is 91.8 cm³/mol. The monoisotopic (exact) mass is 391 g/mol. The topological polar surface area (TPSA) is 12.0 Å². The molecule has 2 aliphatic rings. The summed E-state index contributed by atoms with van der Waals surface area (Å²) in [5, 5.41) is 3.21. The highest BCUT2D eigenvalue weighted by Gasteiger charge is 2.37. The minimum Gasteiger partial charge on any atom is -0.384 e. The zero-order chi connectivity index (χ0) is 19.7. The van der Waals surface area contributed by atoms with E-state index in [9.17, 15) is 26.3 Å². The number of nitrogens with one attached hydrogen (secondary N) is 1. The molecule has 0 radical (unpaired) electrons. The van der Waals surface area contributed by atoms with E-state index in [2.05, 4.69) is 5.32 Å². The Morgan fingerprint density at radius 1 is 0.815 bits per heavy atom. The number of alkyl halides is 6. The molecule has 7 heteroatoms. The smallest absolute Gasteiger partial charge is 0.384 e. The highest BCUT2D eigenvalue weighted by Crippen LogP contribution is 2.39. The van der Waals surface area contributed by atoms with Crippen LogP contribution in [0.2, 0.25) is 0 Å². The first kappa shape index (κ1) is 20.1. The molecule has 1 N–H and O–H groups in total. The van der Waals surface area contributed by atoms with Gasteiger partial charge in [0.25, 0.3) is 0 Å². The molecule has 0 saturated heterocycles. The second kappa shape index (κ2) is 7.76. The van der Waals surface area contributed by atoms with Crippen molar-refractivity contribution in [2.75, 3.05) is 6.54 Å². The summed E-state index contributed by atoms with van der Waals surface area (Å²) in [5.74, 6) is 0.419. The number of hydrogen-bond acceptors (Lipinski definition) is 1. The van der Waals surface area contributed by atoms with Gasteiger partial charge in [-0.2, -0.15) is 26.3 Å². The second-order valence-electron chi connectivity index (χ2n) is 7.51. The van der Waals surface area contributed by atoms with Crippen molar-refractivity contribution in [3.05, 3.63) is 40.5 Å². The molecule has 0 unspecified atom stereocenters. The van der Waals surface area contributed by atoms with Crippen molar-refractivity contribution in [2.24, 2.45) is 5.92 Å². The maximum absolute atomic E-state index is 13.2. The highest BCUT2D eigenvalue weighted by molar-refractivity contribution is 5.69. The Bertz CT molecular complexity index is 657. The van der Waals surface area contributed by atoms with Crippen molar-refractivity contribution in [3.8, 4) is 0 Å². The van der Waals surface area contributed by atoms with E-state index in [-0.39, 0.29) is 11.6 Å². The average molecular weight is 391 g/mol. The minimum absolute atomic E-state index is 0.0114. The Morgan fingerprint density at radius 3 is 1.81 bits per heavy atom. The average Bonchev–Trinajstić information content (AvgIpc) is 2.55. The third-order valence-corrected chi connectivity index (χ3v) is 5.48. The Morgan fingerprint density at radius 2 is 1.37 bits per heavy atom. The molecule has 1 aromatic carbocycles. The van der Waals surface area contributed by atoms with Gasteiger partial charge in [-0.25, -0.2) is 0 Å². The molecule has 150 valence electrons. The second-order valence-corrected chi connectivity index (χ2v) is 7.51. The quantitative estimate of drug-likeness (QED) is 0.557. The number of rotatable bonds is 4. The Labute approximate surface area is 154 Å². The Kier molecular flexibility index (Phi) is 5.77. The fraction of sp³-hybridized carbons (Fsp3) is 0.600. The summed E-state index contributed by atoms with van der Waals surface area (Å²) in [7, 11) is 0. The molecule has 2 saturated carbocycles. The van der Waals surface area contributed by atoms with Crippen LogP contribution in [0.5, 0.6) is 0 Å². The molecule has 0 aromatic heterocycles. The molecule has 0 aliphatic heterocycles. The Hall–Kier alpha value is -1.66. The standard InChI is InChI=1S/C20H23F6N/c21-19(22,23)16-9-15(10-17(11-16)20(24,25)26)18(14-7-4-8-14)27-12-13-5-2-1-3-6-13/h9-11,13,27H,1-8,12H2. The van der Waals surface area contributed by atoms with Crippen LogP contribution in [0.15, 0.2) is 23.8 Å². The molecular weight excluding hydrogens is 368 g/mol. The lowest BCUT2D eigenvalue weighted by atomic mass is 9.86. The predicted octanol–water partition coefficient (Wildman–Crippen LogP) is 6.79. The van der Waals surface area contributed by atoms with E-state index in [1.165, 1.54) is 6.42 Å². The lowest BCUT2D eigenvalue weighted by Gasteiger charge is -2.28. The number of hydrogen-bond donors (Lipinski definition) is 1. The van der Waals surface area contributed by atoms with Gasteiger partial charge in [0.1, 0.15) is 0 Å². The van der Waals surface area contributed by atoms with E-state index in [4.69, 9.17) is 0 Å². The lowest BCUT2D eigenvalue weighted by molar-refractivity contribution is -0.143. The van der Waals surface area contributed by atoms with Crippen molar-refractivity contribution in [1.29, 1.82) is 0 Å². The van der Waals surface area contributed by atoms with Crippen LogP contribution in [0.4, 0.5) is 26.3 Å². The molecule has 0 spiro atoms. The summed E-state index contributed by atoms with van der Waals surface area (Å²) in [6.45, 7) is 0.594. The fourth-order valence-corrected chi connectivity index (χ4v) is 3.77. The zero-order valence-electron chi connectivity index (χ0n) is 14.9. The van der Waals surface area contributed by atoms with Gasteiger partial charge in [-0.05, 0) is 67.4 Å². The van der Waals surface area contributed by atoms with Crippen LogP contribution < -0.4 is 5.32 Å². The third-order valence-electron chi connectivity index (χ3n) is 5.48. The van der Waals surface area contributed by atoms with Gasteiger partial charge in [-0.1, -0.05) is 19.3 Å². The van der Waals surface area contributed by atoms with Crippen molar-refractivity contribution in [2.45, 2.75) is 63.7 Å². The minimum atomic E-state index is -4.82. The number of benzene rings is 1. The maximum atomic E-state index is 13.2. The van der Waals surface area contributed by atoms with Crippen LogP contribution >= 0.6 is 0 Å². The summed E-state index contributed by atoms with van der Waals surface area (Å²) in [6, 6.07) is 1.86. The first-order chi connectivity index (χ1) is 12.6. The van der Waals surface area contributed by atoms with Crippen LogP contribution in [0.1, 0.15) is 68.1 Å². The molecule has 2 fully saturated rings. The molecule has 0 heterocycles. The SMILES string of the molecule is FC(F)(F)c1cc(C(NCC2CCCCC2)=C2CCC2)cc(C(F)(F)F)c1. The van der Waals surface area contributed by atoms with E-state index in [1.54, 1.807) is 0 Å². The molecule has 1 aromatic rings. The van der Waals surface area contributed by atoms with Gasteiger partial charge in [0, 0.05) is 12.2 Å². The summed E-state index contributed by atoms with van der Waals surface area (Å²) in [4.78, 5) is 0. The summed E-state index contributed by atoms with van der Waals surface area (Å²) in [6.07, 6.45) is -1.78. The fourth-order valence-electron chi connectivity index (χ4n) is 3.77. The number of halogens is 6. The van der Waals surface area contributed by atoms with Crippen LogP contribution in [-0.4, -0.2) is 6.54 Å². The first-order valence-corrected chi connectivity index (χ1v) is 9.40. The molecule has 0 bridgehead atoms. The zero-order valence-corrected chi connectivity index (χ0v) is 14.9. The van der Waals surface area contributed by atoms with Crippen molar-refractivity contribution < 1.29 is 26.3 Å². The van der Waals surface area contributed by atoms with Crippen LogP contribution in [0, 0.1) is 5.92 Å². The first-order valence-electron chi connectivity index (χ1n) is 9.40. The number of allylic oxidation sites excluding steroid dienone is 1. The molecule has 0 amide bonds. The summed E-state index contributed by atoms with van der Waals surface area (Å²) >= 11 is 0. The van der Waals surface area contributed by atoms with Gasteiger partial charge >= 0.3 is 12.4 Å². The lowest BCUT2D eigenvalue weighted by Crippen LogP contribution is -2.26. The molecule has 2 aliphatic carbocycles. The van der Waals surface area contributed by atoms with Crippen LogP contribution in [-0.2, 0) is 12.4 Å². The van der Waals surface area contributed by atoms with E-state index in [1.807, 2.05) is 0 Å². The van der Waals surface area contributed by atoms with Crippen molar-refractivity contribution in [3.63, 3.8) is 0 Å². The van der Waals surface area contributed by atoms with Gasteiger partial charge in [0.15, 0.2) is 0 Å². The Balaban J connectivity index is 1.94. The largest absolute Gasteiger partial charge is 0.416 e. The van der Waals surface area contributed by atoms with Gasteiger partial charge in [-0.15, -0.1) is 0 Å². The van der Waals surface area contributed by atoms with Gasteiger partial charge in [0.05, 0.1) is 11.1 Å².